The van der Waals surface area contributed by atoms with Gasteiger partial charge in [0.15, 0.2) is 0 Å². The van der Waals surface area contributed by atoms with Gasteiger partial charge in [-0.25, -0.2) is 4.39 Å². The largest absolute Gasteiger partial charge is 0.373 e. The maximum absolute atomic E-state index is 13.1. The molecule has 0 radical (unpaired) electrons. The molecule has 5 nitrogen and oxygen atoms in total. The number of nitrogens with one attached hydrogen (secondary N) is 1. The standard InChI is InChI=1S/C25H32FN3O2/c1-18-14-28(15-19(2)31-18)16-20-3-5-22(6-4-20)25(30)27-13-21-11-12-29(17-21)24-9-7-23(26)8-10-24/h3-10,18-19,21H,11-17H2,1-2H3,(H,27,30). The van der Waals surface area contributed by atoms with E-state index in [4.69, 9.17) is 4.74 Å². The predicted octanol–water partition coefficient (Wildman–Crippen LogP) is 3.69. The summed E-state index contributed by atoms with van der Waals surface area (Å²) in [5.41, 5.74) is 2.94. The van der Waals surface area contributed by atoms with Crippen LogP contribution in [0.4, 0.5) is 10.1 Å². The first-order chi connectivity index (χ1) is 15.0. The van der Waals surface area contributed by atoms with E-state index in [1.807, 2.05) is 36.4 Å². The number of carbonyl (C=O) groups excluding carboxylic acids is 1. The summed E-state index contributed by atoms with van der Waals surface area (Å²) < 4.78 is 18.9. The Hall–Kier alpha value is -2.44. The molecule has 4 rings (SSSR count). The van der Waals surface area contributed by atoms with Crippen molar-refractivity contribution in [3.63, 3.8) is 0 Å². The summed E-state index contributed by atoms with van der Waals surface area (Å²) in [4.78, 5) is 17.2. The van der Waals surface area contributed by atoms with Gasteiger partial charge in [-0.1, -0.05) is 12.1 Å². The SMILES string of the molecule is CC1CN(Cc2ccc(C(=O)NCC3CCN(c4ccc(F)cc4)C3)cc2)CC(C)O1. The molecule has 3 unspecified atom stereocenters. The number of carbonyl (C=O) groups is 1. The summed E-state index contributed by atoms with van der Waals surface area (Å²) in [6.45, 7) is 9.43. The summed E-state index contributed by atoms with van der Waals surface area (Å²) in [6.07, 6.45) is 1.53. The number of halogens is 1. The zero-order valence-electron chi connectivity index (χ0n) is 18.4. The Kier molecular flexibility index (Phi) is 6.88. The van der Waals surface area contributed by atoms with Crippen LogP contribution in [0.25, 0.3) is 0 Å². The summed E-state index contributed by atoms with van der Waals surface area (Å²) >= 11 is 0. The second-order valence-corrected chi connectivity index (χ2v) is 8.94. The Morgan fingerprint density at radius 1 is 1.03 bits per heavy atom. The molecular formula is C25H32FN3O2. The fourth-order valence-corrected chi connectivity index (χ4v) is 4.66. The maximum atomic E-state index is 13.1. The second-order valence-electron chi connectivity index (χ2n) is 8.94. The van der Waals surface area contributed by atoms with E-state index in [0.717, 1.165) is 44.8 Å². The van der Waals surface area contributed by atoms with Crippen LogP contribution in [0.15, 0.2) is 48.5 Å². The number of anilines is 1. The van der Waals surface area contributed by atoms with Crippen LogP contribution in [-0.4, -0.2) is 55.7 Å². The van der Waals surface area contributed by atoms with Crippen molar-refractivity contribution in [1.29, 1.82) is 0 Å². The normalized spacial score (nSPS) is 24.4. The zero-order valence-corrected chi connectivity index (χ0v) is 18.4. The fraction of sp³-hybridized carbons (Fsp3) is 0.480. The molecule has 31 heavy (non-hydrogen) atoms. The topological polar surface area (TPSA) is 44.8 Å². The minimum absolute atomic E-state index is 0.0274. The summed E-state index contributed by atoms with van der Waals surface area (Å²) in [7, 11) is 0. The first kappa shape index (κ1) is 21.8. The van der Waals surface area contributed by atoms with Crippen LogP contribution in [0.5, 0.6) is 0 Å². The molecule has 1 amide bonds. The van der Waals surface area contributed by atoms with Crippen molar-refractivity contribution in [2.45, 2.75) is 39.0 Å². The molecule has 1 N–H and O–H groups in total. The van der Waals surface area contributed by atoms with Crippen LogP contribution in [0.3, 0.4) is 0 Å². The van der Waals surface area contributed by atoms with Crippen molar-refractivity contribution >= 4 is 11.6 Å². The molecule has 166 valence electrons. The van der Waals surface area contributed by atoms with E-state index in [1.165, 1.54) is 17.7 Å². The molecular weight excluding hydrogens is 393 g/mol. The molecule has 6 heteroatoms. The zero-order chi connectivity index (χ0) is 21.8. The van der Waals surface area contributed by atoms with Crippen LogP contribution in [0.2, 0.25) is 0 Å². The molecule has 0 spiro atoms. The van der Waals surface area contributed by atoms with E-state index in [2.05, 4.69) is 29.0 Å². The lowest BCUT2D eigenvalue weighted by Gasteiger charge is -2.35. The number of ether oxygens (including phenoxy) is 1. The lowest BCUT2D eigenvalue weighted by atomic mass is 10.1. The molecule has 2 aromatic rings. The van der Waals surface area contributed by atoms with Crippen molar-refractivity contribution in [3.05, 3.63) is 65.5 Å². The number of benzene rings is 2. The van der Waals surface area contributed by atoms with E-state index < -0.39 is 0 Å². The molecule has 2 heterocycles. The highest BCUT2D eigenvalue weighted by Crippen LogP contribution is 2.23. The van der Waals surface area contributed by atoms with Crippen molar-refractivity contribution < 1.29 is 13.9 Å². The molecule has 0 bridgehead atoms. The van der Waals surface area contributed by atoms with Crippen LogP contribution in [0, 0.1) is 11.7 Å². The van der Waals surface area contributed by atoms with E-state index in [1.54, 1.807) is 0 Å². The average molecular weight is 426 g/mol. The summed E-state index contributed by atoms with van der Waals surface area (Å²) in [6, 6.07) is 14.5. The lowest BCUT2D eigenvalue weighted by molar-refractivity contribution is -0.0704. The molecule has 3 atom stereocenters. The number of hydrogen-bond donors (Lipinski definition) is 1. The summed E-state index contributed by atoms with van der Waals surface area (Å²) in [5, 5.41) is 3.08. The molecule has 2 aliphatic rings. The highest BCUT2D eigenvalue weighted by molar-refractivity contribution is 5.94. The van der Waals surface area contributed by atoms with E-state index in [9.17, 15) is 9.18 Å². The van der Waals surface area contributed by atoms with Gasteiger partial charge in [-0.3, -0.25) is 9.69 Å². The second kappa shape index (κ2) is 9.79. The van der Waals surface area contributed by atoms with Gasteiger partial charge >= 0.3 is 0 Å². The average Bonchev–Trinajstić information content (AvgIpc) is 3.21. The van der Waals surface area contributed by atoms with Crippen LogP contribution < -0.4 is 10.2 Å². The van der Waals surface area contributed by atoms with Gasteiger partial charge in [0.1, 0.15) is 5.82 Å². The minimum Gasteiger partial charge on any atom is -0.373 e. The van der Waals surface area contributed by atoms with Gasteiger partial charge in [0, 0.05) is 50.5 Å². The van der Waals surface area contributed by atoms with Crippen molar-refractivity contribution in [1.82, 2.24) is 10.2 Å². The number of morpholine rings is 1. The Balaban J connectivity index is 1.24. The Labute approximate surface area is 184 Å². The van der Waals surface area contributed by atoms with Gasteiger partial charge < -0.3 is 15.0 Å². The maximum Gasteiger partial charge on any atom is 0.251 e. The Morgan fingerprint density at radius 2 is 1.71 bits per heavy atom. The monoisotopic (exact) mass is 425 g/mol. The smallest absolute Gasteiger partial charge is 0.251 e. The van der Waals surface area contributed by atoms with Crippen molar-refractivity contribution in [2.75, 3.05) is 37.6 Å². The van der Waals surface area contributed by atoms with Crippen molar-refractivity contribution in [2.24, 2.45) is 5.92 Å². The quantitative estimate of drug-likeness (QED) is 0.767. The fourth-order valence-electron chi connectivity index (χ4n) is 4.66. The number of nitrogens with zero attached hydrogens (tertiary/aromatic N) is 2. The minimum atomic E-state index is -0.216. The number of hydrogen-bond acceptors (Lipinski definition) is 4. The van der Waals surface area contributed by atoms with Gasteiger partial charge in [0.05, 0.1) is 12.2 Å². The van der Waals surface area contributed by atoms with Crippen LogP contribution in [-0.2, 0) is 11.3 Å². The van der Waals surface area contributed by atoms with E-state index in [-0.39, 0.29) is 23.9 Å². The van der Waals surface area contributed by atoms with Crippen molar-refractivity contribution in [3.8, 4) is 0 Å². The number of amides is 1. The molecule has 2 aromatic carbocycles. The molecule has 2 fully saturated rings. The van der Waals surface area contributed by atoms with Gasteiger partial charge in [-0.2, -0.15) is 0 Å². The van der Waals surface area contributed by atoms with Gasteiger partial charge in [-0.15, -0.1) is 0 Å². The van der Waals surface area contributed by atoms with E-state index >= 15 is 0 Å². The predicted molar refractivity (Wildman–Crippen MR) is 121 cm³/mol. The molecule has 0 saturated carbocycles. The molecule has 0 aromatic heterocycles. The third kappa shape index (κ3) is 5.83. The number of rotatable bonds is 6. The third-order valence-electron chi connectivity index (χ3n) is 6.15. The molecule has 0 aliphatic carbocycles. The summed E-state index contributed by atoms with van der Waals surface area (Å²) in [5.74, 6) is 0.158. The van der Waals surface area contributed by atoms with Gasteiger partial charge in [-0.05, 0) is 68.1 Å². The Morgan fingerprint density at radius 3 is 2.39 bits per heavy atom. The Bertz CT molecular complexity index is 861. The molecule has 2 saturated heterocycles. The van der Waals surface area contributed by atoms with Gasteiger partial charge in [0.2, 0.25) is 0 Å². The first-order valence-electron chi connectivity index (χ1n) is 11.2. The highest BCUT2D eigenvalue weighted by Gasteiger charge is 2.24. The van der Waals surface area contributed by atoms with Crippen LogP contribution in [0.1, 0.15) is 36.2 Å². The van der Waals surface area contributed by atoms with Gasteiger partial charge in [0.25, 0.3) is 5.91 Å². The highest BCUT2D eigenvalue weighted by atomic mass is 19.1. The van der Waals surface area contributed by atoms with E-state index in [0.29, 0.717) is 18.0 Å². The first-order valence-corrected chi connectivity index (χ1v) is 11.2. The lowest BCUT2D eigenvalue weighted by Crippen LogP contribution is -2.44. The molecule has 2 aliphatic heterocycles. The third-order valence-corrected chi connectivity index (χ3v) is 6.15. The van der Waals surface area contributed by atoms with Crippen LogP contribution >= 0.6 is 0 Å².